The molecule has 9 nitrogen and oxygen atoms in total. The normalized spacial score (nSPS) is 27.8. The summed E-state index contributed by atoms with van der Waals surface area (Å²) in [4.78, 5) is 35.8. The zero-order valence-electron chi connectivity index (χ0n) is 18.7. The van der Waals surface area contributed by atoms with Gasteiger partial charge >= 0.3 is 17.9 Å². The molecular formula is C23H32O9. The van der Waals surface area contributed by atoms with E-state index in [-0.39, 0.29) is 24.2 Å². The Bertz CT molecular complexity index is 797. The average molecular weight is 453 g/mol. The van der Waals surface area contributed by atoms with Crippen LogP contribution in [0.5, 0.6) is 0 Å². The van der Waals surface area contributed by atoms with Crippen molar-refractivity contribution in [2.24, 2.45) is 17.3 Å². The van der Waals surface area contributed by atoms with Gasteiger partial charge in [0.05, 0.1) is 37.9 Å². The number of methoxy groups -OCH3 is 1. The smallest absolute Gasteiger partial charge is 0.336 e. The molecule has 0 aromatic carbocycles. The molecule has 9 heteroatoms. The predicted octanol–water partition coefficient (Wildman–Crippen LogP) is 0.847. The number of aliphatic hydroxyl groups is 3. The maximum Gasteiger partial charge on any atom is 0.336 e. The Morgan fingerprint density at radius 3 is 2.25 bits per heavy atom. The van der Waals surface area contributed by atoms with Gasteiger partial charge in [-0.15, -0.1) is 6.58 Å². The number of carbonyl (C=O) groups is 3. The molecule has 0 aromatic heterocycles. The number of rotatable bonds is 10. The van der Waals surface area contributed by atoms with Gasteiger partial charge in [-0.3, -0.25) is 4.79 Å². The highest BCUT2D eigenvalue weighted by molar-refractivity contribution is 5.90. The van der Waals surface area contributed by atoms with Gasteiger partial charge in [-0.1, -0.05) is 26.2 Å². The fourth-order valence-corrected chi connectivity index (χ4v) is 4.02. The molecule has 0 aromatic rings. The molecule has 1 rings (SSSR count). The Labute approximate surface area is 187 Å². The molecule has 1 saturated carbocycles. The first-order valence-electron chi connectivity index (χ1n) is 9.98. The largest absolute Gasteiger partial charge is 0.466 e. The molecule has 3 N–H and O–H groups in total. The van der Waals surface area contributed by atoms with Gasteiger partial charge in [-0.25, -0.2) is 9.59 Å². The summed E-state index contributed by atoms with van der Waals surface area (Å²) < 4.78 is 15.1. The summed E-state index contributed by atoms with van der Waals surface area (Å²) in [5.41, 5.74) is -0.804. The molecule has 1 fully saturated rings. The van der Waals surface area contributed by atoms with Gasteiger partial charge in [0.2, 0.25) is 0 Å². The molecule has 5 atom stereocenters. The van der Waals surface area contributed by atoms with Crippen LogP contribution in [-0.2, 0) is 28.6 Å². The molecule has 0 heterocycles. The van der Waals surface area contributed by atoms with Gasteiger partial charge in [-0.2, -0.15) is 0 Å². The van der Waals surface area contributed by atoms with Crippen LogP contribution in [0, 0.1) is 17.3 Å². The summed E-state index contributed by atoms with van der Waals surface area (Å²) >= 11 is 0. The molecule has 0 spiro atoms. The predicted molar refractivity (Wildman–Crippen MR) is 115 cm³/mol. The lowest BCUT2D eigenvalue weighted by Gasteiger charge is -2.50. The van der Waals surface area contributed by atoms with Crippen molar-refractivity contribution in [3.8, 4) is 0 Å². The van der Waals surface area contributed by atoms with Gasteiger partial charge < -0.3 is 29.5 Å². The Balaban J connectivity index is 3.35. The molecule has 1 aliphatic rings. The molecule has 0 amide bonds. The van der Waals surface area contributed by atoms with E-state index in [2.05, 4.69) is 19.7 Å². The van der Waals surface area contributed by atoms with E-state index < -0.39 is 60.6 Å². The summed E-state index contributed by atoms with van der Waals surface area (Å²) in [5, 5.41) is 30.4. The first-order chi connectivity index (χ1) is 15.0. The van der Waals surface area contributed by atoms with Crippen molar-refractivity contribution < 1.29 is 43.9 Å². The molecule has 0 aliphatic heterocycles. The van der Waals surface area contributed by atoms with Crippen molar-refractivity contribution in [2.75, 3.05) is 26.9 Å². The summed E-state index contributed by atoms with van der Waals surface area (Å²) in [7, 11) is 1.16. The van der Waals surface area contributed by atoms with Crippen molar-refractivity contribution >= 4 is 17.9 Å². The fraction of sp³-hybridized carbons (Fsp3) is 0.522. The zero-order chi connectivity index (χ0) is 24.6. The van der Waals surface area contributed by atoms with Crippen LogP contribution in [0.25, 0.3) is 0 Å². The van der Waals surface area contributed by atoms with Crippen LogP contribution in [-0.4, -0.2) is 72.4 Å². The van der Waals surface area contributed by atoms with Crippen LogP contribution in [0.4, 0.5) is 0 Å². The quantitative estimate of drug-likeness (QED) is 0.190. The SMILES string of the molecule is C=C[C@]1(C)C[C@H](OC(=O)/C(=C\COC(C)=O)CO)[C@@H](C(=C)C(=O)OC)[C@@H](O)[C@H]1C(=C)CO. The zero-order valence-corrected chi connectivity index (χ0v) is 18.7. The number of carbonyl (C=O) groups excluding carboxylic acids is 3. The van der Waals surface area contributed by atoms with E-state index >= 15 is 0 Å². The van der Waals surface area contributed by atoms with Gasteiger partial charge in [0, 0.05) is 18.4 Å². The van der Waals surface area contributed by atoms with E-state index in [1.165, 1.54) is 13.0 Å². The molecular weight excluding hydrogens is 420 g/mol. The van der Waals surface area contributed by atoms with Crippen LogP contribution in [0.2, 0.25) is 0 Å². The lowest BCUT2D eigenvalue weighted by molar-refractivity contribution is -0.161. The van der Waals surface area contributed by atoms with E-state index in [9.17, 15) is 29.7 Å². The highest BCUT2D eigenvalue weighted by Crippen LogP contribution is 2.50. The van der Waals surface area contributed by atoms with E-state index in [1.54, 1.807) is 13.0 Å². The van der Waals surface area contributed by atoms with Crippen molar-refractivity contribution in [3.63, 3.8) is 0 Å². The van der Waals surface area contributed by atoms with E-state index in [4.69, 9.17) is 14.2 Å². The molecule has 0 bridgehead atoms. The molecule has 1 aliphatic carbocycles. The second kappa shape index (κ2) is 11.8. The van der Waals surface area contributed by atoms with Crippen LogP contribution in [0.15, 0.2) is 48.6 Å². The van der Waals surface area contributed by atoms with Crippen LogP contribution in [0.1, 0.15) is 20.3 Å². The van der Waals surface area contributed by atoms with E-state index in [1.807, 2.05) is 0 Å². The maximum absolute atomic E-state index is 12.7. The maximum atomic E-state index is 12.7. The minimum Gasteiger partial charge on any atom is -0.466 e. The number of hydrogen-bond donors (Lipinski definition) is 3. The monoisotopic (exact) mass is 452 g/mol. The molecule has 0 unspecified atom stereocenters. The van der Waals surface area contributed by atoms with Gasteiger partial charge in [-0.05, 0) is 23.5 Å². The Hall–Kier alpha value is -2.75. The number of ether oxygens (including phenoxy) is 3. The number of hydrogen-bond acceptors (Lipinski definition) is 9. The first kappa shape index (κ1) is 27.3. The van der Waals surface area contributed by atoms with Crippen LogP contribution >= 0.6 is 0 Å². The summed E-state index contributed by atoms with van der Waals surface area (Å²) in [6.45, 7) is 13.0. The van der Waals surface area contributed by atoms with Gasteiger partial charge in [0.15, 0.2) is 0 Å². The Morgan fingerprint density at radius 1 is 1.16 bits per heavy atom. The molecule has 0 saturated heterocycles. The third-order valence-corrected chi connectivity index (χ3v) is 5.73. The highest BCUT2D eigenvalue weighted by atomic mass is 16.6. The van der Waals surface area contributed by atoms with Gasteiger partial charge in [0.25, 0.3) is 0 Å². The van der Waals surface area contributed by atoms with Crippen LogP contribution in [0.3, 0.4) is 0 Å². The minimum absolute atomic E-state index is 0.117. The van der Waals surface area contributed by atoms with E-state index in [0.717, 1.165) is 7.11 Å². The first-order valence-corrected chi connectivity index (χ1v) is 9.98. The topological polar surface area (TPSA) is 140 Å². The van der Waals surface area contributed by atoms with Crippen molar-refractivity contribution in [1.82, 2.24) is 0 Å². The summed E-state index contributed by atoms with van der Waals surface area (Å²) in [5.74, 6) is -4.04. The second-order valence-electron chi connectivity index (χ2n) is 7.88. The standard InChI is InChI=1S/C23H32O9/c1-7-23(5)10-17(32-22(29)16(12-25)8-9-31-15(4)26)18(14(3)21(28)30-6)20(27)19(23)13(2)11-24/h7-8,17-20,24-25,27H,1-3,9-12H2,4-6H3/b16-8-/t17-,18+,19+,20+,23+/m0/s1. The third-order valence-electron chi connectivity index (χ3n) is 5.73. The second-order valence-corrected chi connectivity index (χ2v) is 7.88. The van der Waals surface area contributed by atoms with Gasteiger partial charge in [0.1, 0.15) is 12.7 Å². The van der Waals surface area contributed by atoms with E-state index in [0.29, 0.717) is 5.57 Å². The Morgan fingerprint density at radius 2 is 1.78 bits per heavy atom. The molecule has 32 heavy (non-hydrogen) atoms. The number of allylic oxidation sites excluding steroid dienone is 1. The van der Waals surface area contributed by atoms with Crippen LogP contribution < -0.4 is 0 Å². The minimum atomic E-state index is -1.31. The molecule has 0 radical (unpaired) electrons. The Kier molecular flexibility index (Phi) is 10.0. The summed E-state index contributed by atoms with van der Waals surface area (Å²) in [6, 6.07) is 0. The lowest BCUT2D eigenvalue weighted by Crippen LogP contribution is -2.54. The van der Waals surface area contributed by atoms with Crippen molar-refractivity contribution in [2.45, 2.75) is 32.5 Å². The lowest BCUT2D eigenvalue weighted by atomic mass is 9.58. The van der Waals surface area contributed by atoms with Crippen molar-refractivity contribution in [1.29, 1.82) is 0 Å². The van der Waals surface area contributed by atoms with Crippen molar-refractivity contribution in [3.05, 3.63) is 48.6 Å². The number of aliphatic hydroxyl groups excluding tert-OH is 3. The molecule has 178 valence electrons. The number of esters is 3. The third kappa shape index (κ3) is 6.15. The fourth-order valence-electron chi connectivity index (χ4n) is 4.02. The summed E-state index contributed by atoms with van der Waals surface area (Å²) in [6.07, 6.45) is 0.545. The average Bonchev–Trinajstić information content (AvgIpc) is 2.75. The highest BCUT2D eigenvalue weighted by Gasteiger charge is 2.53.